The van der Waals surface area contributed by atoms with E-state index in [1.807, 2.05) is 48.2 Å². The van der Waals surface area contributed by atoms with Crippen molar-refractivity contribution in [3.63, 3.8) is 0 Å². The highest BCUT2D eigenvalue weighted by molar-refractivity contribution is 6.10. The zero-order valence-electron chi connectivity index (χ0n) is 16.5. The number of carbonyl (C=O) groups excluding carboxylic acids is 1. The first-order chi connectivity index (χ1) is 13.2. The molecule has 0 radical (unpaired) electrons. The van der Waals surface area contributed by atoms with Gasteiger partial charge in [-0.1, -0.05) is 62.4 Å². The van der Waals surface area contributed by atoms with Gasteiger partial charge in [0.05, 0.1) is 5.69 Å². The fourth-order valence-electron chi connectivity index (χ4n) is 3.48. The molecule has 0 N–H and O–H groups in total. The first kappa shape index (κ1) is 19.1. The van der Waals surface area contributed by atoms with Gasteiger partial charge in [-0.25, -0.2) is 0 Å². The van der Waals surface area contributed by atoms with E-state index in [1.165, 1.54) is 5.56 Å². The number of carbonyl (C=O) groups is 1. The molecule has 0 aliphatic rings. The summed E-state index contributed by atoms with van der Waals surface area (Å²) in [5, 5.41) is 2.25. The monoisotopic (exact) mass is 360 g/mol. The topological polar surface area (TPSA) is 23.6 Å². The molecule has 3 rings (SSSR count). The second-order valence-electron chi connectivity index (χ2n) is 6.71. The summed E-state index contributed by atoms with van der Waals surface area (Å²) in [6, 6.07) is 22.4. The molecule has 0 aliphatic heterocycles. The van der Waals surface area contributed by atoms with Crippen LogP contribution in [0.5, 0.6) is 0 Å². The molecule has 3 aromatic rings. The third kappa shape index (κ3) is 4.20. The normalized spacial score (nSPS) is 11.1. The SMILES string of the molecule is CCN(CC)Cc1ccc(C(=O)N(CC)c2cccc3ccccc23)cc1. The van der Waals surface area contributed by atoms with Gasteiger partial charge in [0.1, 0.15) is 0 Å². The number of hydrogen-bond donors (Lipinski definition) is 0. The lowest BCUT2D eigenvalue weighted by Gasteiger charge is -2.23. The molecule has 0 aromatic heterocycles. The Bertz CT molecular complexity index is 892. The van der Waals surface area contributed by atoms with Crippen molar-refractivity contribution in [2.75, 3.05) is 24.5 Å². The molecule has 0 spiro atoms. The molecule has 0 saturated carbocycles. The number of anilines is 1. The maximum Gasteiger partial charge on any atom is 0.258 e. The predicted molar refractivity (Wildman–Crippen MR) is 114 cm³/mol. The van der Waals surface area contributed by atoms with E-state index in [-0.39, 0.29) is 5.91 Å². The molecule has 0 atom stereocenters. The van der Waals surface area contributed by atoms with Crippen LogP contribution in [0, 0.1) is 0 Å². The Morgan fingerprint density at radius 1 is 0.778 bits per heavy atom. The van der Waals surface area contributed by atoms with Crippen LogP contribution in [-0.4, -0.2) is 30.4 Å². The summed E-state index contributed by atoms with van der Waals surface area (Å²) in [6.45, 7) is 9.98. The fourth-order valence-corrected chi connectivity index (χ4v) is 3.48. The van der Waals surface area contributed by atoms with E-state index in [1.54, 1.807) is 0 Å². The van der Waals surface area contributed by atoms with Gasteiger partial charge in [0.25, 0.3) is 5.91 Å². The summed E-state index contributed by atoms with van der Waals surface area (Å²) in [5.74, 6) is 0.0447. The molecule has 0 unspecified atom stereocenters. The van der Waals surface area contributed by atoms with Crippen LogP contribution in [0.3, 0.4) is 0 Å². The Morgan fingerprint density at radius 3 is 2.11 bits per heavy atom. The molecule has 3 aromatic carbocycles. The zero-order chi connectivity index (χ0) is 19.2. The standard InChI is InChI=1S/C24H28N2O/c1-4-25(5-2)18-19-14-16-21(17-15-19)24(27)26(6-3)23-13-9-11-20-10-7-8-12-22(20)23/h7-17H,4-6,18H2,1-3H3. The summed E-state index contributed by atoms with van der Waals surface area (Å²) in [7, 11) is 0. The lowest BCUT2D eigenvalue weighted by atomic mass is 10.1. The maximum absolute atomic E-state index is 13.2. The van der Waals surface area contributed by atoms with Crippen LogP contribution >= 0.6 is 0 Å². The van der Waals surface area contributed by atoms with Gasteiger partial charge in [0.15, 0.2) is 0 Å². The summed E-state index contributed by atoms with van der Waals surface area (Å²) in [4.78, 5) is 17.4. The Labute approximate surface area is 162 Å². The van der Waals surface area contributed by atoms with Crippen LogP contribution < -0.4 is 4.90 Å². The Balaban J connectivity index is 1.86. The van der Waals surface area contributed by atoms with Gasteiger partial charge in [-0.05, 0) is 49.2 Å². The molecule has 140 valence electrons. The minimum atomic E-state index is 0.0447. The van der Waals surface area contributed by atoms with Crippen LogP contribution in [0.2, 0.25) is 0 Å². The van der Waals surface area contributed by atoms with E-state index in [2.05, 4.69) is 49.1 Å². The number of nitrogens with zero attached hydrogens (tertiary/aromatic N) is 2. The second kappa shape index (κ2) is 8.83. The van der Waals surface area contributed by atoms with Gasteiger partial charge in [0, 0.05) is 24.0 Å². The molecule has 0 saturated heterocycles. The Kier molecular flexibility index (Phi) is 6.25. The predicted octanol–water partition coefficient (Wildman–Crippen LogP) is 5.35. The maximum atomic E-state index is 13.2. The zero-order valence-corrected chi connectivity index (χ0v) is 16.5. The quantitative estimate of drug-likeness (QED) is 0.567. The molecular formula is C24H28N2O. The molecule has 0 fully saturated rings. The lowest BCUT2D eigenvalue weighted by molar-refractivity contribution is 0.0988. The van der Waals surface area contributed by atoms with Gasteiger partial charge in [-0.15, -0.1) is 0 Å². The minimum Gasteiger partial charge on any atom is -0.308 e. The third-order valence-corrected chi connectivity index (χ3v) is 5.12. The average Bonchev–Trinajstić information content (AvgIpc) is 2.73. The number of rotatable bonds is 7. The molecular weight excluding hydrogens is 332 g/mol. The summed E-state index contributed by atoms with van der Waals surface area (Å²) < 4.78 is 0. The molecule has 3 nitrogen and oxygen atoms in total. The molecule has 0 bridgehead atoms. The molecule has 3 heteroatoms. The van der Waals surface area contributed by atoms with E-state index >= 15 is 0 Å². The van der Waals surface area contributed by atoms with Crippen LogP contribution in [0.25, 0.3) is 10.8 Å². The number of hydrogen-bond acceptors (Lipinski definition) is 2. The minimum absolute atomic E-state index is 0.0447. The smallest absolute Gasteiger partial charge is 0.258 e. The average molecular weight is 361 g/mol. The van der Waals surface area contributed by atoms with Gasteiger partial charge in [-0.3, -0.25) is 9.69 Å². The molecule has 0 heterocycles. The molecule has 1 amide bonds. The van der Waals surface area contributed by atoms with Gasteiger partial charge < -0.3 is 4.90 Å². The molecule has 27 heavy (non-hydrogen) atoms. The summed E-state index contributed by atoms with van der Waals surface area (Å²) in [5.41, 5.74) is 2.93. The Morgan fingerprint density at radius 2 is 1.44 bits per heavy atom. The van der Waals surface area contributed by atoms with E-state index in [4.69, 9.17) is 0 Å². The summed E-state index contributed by atoms with van der Waals surface area (Å²) in [6.07, 6.45) is 0. The van der Waals surface area contributed by atoms with Crippen molar-refractivity contribution in [2.45, 2.75) is 27.3 Å². The van der Waals surface area contributed by atoms with E-state index in [0.717, 1.165) is 41.7 Å². The van der Waals surface area contributed by atoms with E-state index in [9.17, 15) is 4.79 Å². The van der Waals surface area contributed by atoms with Crippen LogP contribution in [0.4, 0.5) is 5.69 Å². The van der Waals surface area contributed by atoms with E-state index < -0.39 is 0 Å². The van der Waals surface area contributed by atoms with Gasteiger partial charge in [-0.2, -0.15) is 0 Å². The lowest BCUT2D eigenvalue weighted by Crippen LogP contribution is -2.30. The Hall–Kier alpha value is -2.65. The first-order valence-electron chi connectivity index (χ1n) is 9.78. The highest BCUT2D eigenvalue weighted by Gasteiger charge is 2.18. The number of benzene rings is 3. The molecule has 0 aliphatic carbocycles. The highest BCUT2D eigenvalue weighted by Crippen LogP contribution is 2.28. The van der Waals surface area contributed by atoms with Crippen LogP contribution in [0.15, 0.2) is 66.7 Å². The first-order valence-corrected chi connectivity index (χ1v) is 9.78. The van der Waals surface area contributed by atoms with Gasteiger partial charge >= 0.3 is 0 Å². The largest absolute Gasteiger partial charge is 0.308 e. The van der Waals surface area contributed by atoms with Crippen molar-refractivity contribution in [2.24, 2.45) is 0 Å². The van der Waals surface area contributed by atoms with Crippen molar-refractivity contribution < 1.29 is 4.79 Å². The second-order valence-corrected chi connectivity index (χ2v) is 6.71. The van der Waals surface area contributed by atoms with E-state index in [0.29, 0.717) is 6.54 Å². The third-order valence-electron chi connectivity index (χ3n) is 5.12. The van der Waals surface area contributed by atoms with Crippen molar-refractivity contribution in [1.29, 1.82) is 0 Å². The fraction of sp³-hybridized carbons (Fsp3) is 0.292. The van der Waals surface area contributed by atoms with Gasteiger partial charge in [0.2, 0.25) is 0 Å². The van der Waals surface area contributed by atoms with Crippen molar-refractivity contribution in [1.82, 2.24) is 4.90 Å². The number of amides is 1. The summed E-state index contributed by atoms with van der Waals surface area (Å²) >= 11 is 0. The van der Waals surface area contributed by atoms with Crippen LogP contribution in [-0.2, 0) is 6.54 Å². The number of fused-ring (bicyclic) bond motifs is 1. The van der Waals surface area contributed by atoms with Crippen molar-refractivity contribution in [3.8, 4) is 0 Å². The highest BCUT2D eigenvalue weighted by atomic mass is 16.2. The van der Waals surface area contributed by atoms with Crippen molar-refractivity contribution >= 4 is 22.4 Å². The van der Waals surface area contributed by atoms with Crippen LogP contribution in [0.1, 0.15) is 36.7 Å². The van der Waals surface area contributed by atoms with Crippen molar-refractivity contribution in [3.05, 3.63) is 77.9 Å².